The third-order valence-corrected chi connectivity index (χ3v) is 5.17. The normalized spacial score (nSPS) is 14.2. The molecule has 0 radical (unpaired) electrons. The Kier molecular flexibility index (Phi) is 6.59. The second kappa shape index (κ2) is 9.32. The lowest BCUT2D eigenvalue weighted by Crippen LogP contribution is -2.25. The van der Waals surface area contributed by atoms with Crippen LogP contribution in [0.15, 0.2) is 36.4 Å². The molecule has 1 heterocycles. The van der Waals surface area contributed by atoms with Gasteiger partial charge in [0.1, 0.15) is 5.69 Å². The van der Waals surface area contributed by atoms with E-state index < -0.39 is 5.97 Å². The number of benzene rings is 1. The summed E-state index contributed by atoms with van der Waals surface area (Å²) in [5, 5.41) is 14.8. The van der Waals surface area contributed by atoms with Crippen molar-refractivity contribution >= 4 is 23.5 Å². The molecule has 152 valence electrons. The van der Waals surface area contributed by atoms with Crippen molar-refractivity contribution in [1.82, 2.24) is 10.3 Å². The lowest BCUT2D eigenvalue weighted by atomic mass is 9.88. The molecular formula is C22H25N3O4. The second-order valence-electron chi connectivity index (χ2n) is 7.34. The van der Waals surface area contributed by atoms with Crippen LogP contribution in [0.25, 0.3) is 0 Å². The Morgan fingerprint density at radius 1 is 1.10 bits per heavy atom. The number of rotatable bonds is 6. The van der Waals surface area contributed by atoms with Crippen LogP contribution in [-0.2, 0) is 11.3 Å². The van der Waals surface area contributed by atoms with E-state index in [2.05, 4.69) is 15.6 Å². The lowest BCUT2D eigenvalue weighted by Gasteiger charge is -2.20. The monoisotopic (exact) mass is 395 g/mol. The van der Waals surface area contributed by atoms with Gasteiger partial charge in [0.05, 0.1) is 11.3 Å². The number of aromatic carboxylic acids is 1. The minimum atomic E-state index is -1.07. The summed E-state index contributed by atoms with van der Waals surface area (Å²) in [4.78, 5) is 39.9. The van der Waals surface area contributed by atoms with Gasteiger partial charge in [-0.05, 0) is 49.6 Å². The fourth-order valence-electron chi connectivity index (χ4n) is 3.55. The minimum absolute atomic E-state index is 0.0593. The SMILES string of the molecule is Cc1nc(C(=O)NCc2cccc(NC(=O)C3CCCCC3)c2)ccc1C(=O)O. The predicted octanol–water partition coefficient (Wildman–Crippen LogP) is 3.54. The van der Waals surface area contributed by atoms with Crippen molar-refractivity contribution in [3.63, 3.8) is 0 Å². The van der Waals surface area contributed by atoms with E-state index in [0.717, 1.165) is 31.2 Å². The predicted molar refractivity (Wildman–Crippen MR) is 109 cm³/mol. The van der Waals surface area contributed by atoms with Crippen molar-refractivity contribution in [3.8, 4) is 0 Å². The van der Waals surface area contributed by atoms with Crippen molar-refractivity contribution in [2.24, 2.45) is 5.92 Å². The highest BCUT2D eigenvalue weighted by atomic mass is 16.4. The van der Waals surface area contributed by atoms with Gasteiger partial charge in [-0.3, -0.25) is 9.59 Å². The minimum Gasteiger partial charge on any atom is -0.478 e. The first-order valence-electron chi connectivity index (χ1n) is 9.83. The first-order valence-corrected chi connectivity index (χ1v) is 9.83. The van der Waals surface area contributed by atoms with Crippen molar-refractivity contribution in [3.05, 3.63) is 58.9 Å². The molecule has 0 aliphatic heterocycles. The smallest absolute Gasteiger partial charge is 0.337 e. The molecule has 1 saturated carbocycles. The number of nitrogens with one attached hydrogen (secondary N) is 2. The summed E-state index contributed by atoms with van der Waals surface area (Å²) >= 11 is 0. The molecule has 0 unspecified atom stereocenters. The van der Waals surface area contributed by atoms with Crippen molar-refractivity contribution < 1.29 is 19.5 Å². The van der Waals surface area contributed by atoms with Crippen LogP contribution in [0.5, 0.6) is 0 Å². The first-order chi connectivity index (χ1) is 13.9. The molecule has 3 N–H and O–H groups in total. The van der Waals surface area contributed by atoms with Crippen LogP contribution in [0.1, 0.15) is 64.2 Å². The Bertz CT molecular complexity index is 920. The number of hydrogen-bond donors (Lipinski definition) is 3. The van der Waals surface area contributed by atoms with Crippen LogP contribution in [-0.4, -0.2) is 27.9 Å². The quantitative estimate of drug-likeness (QED) is 0.693. The number of carboxylic acids is 1. The molecular weight excluding hydrogens is 370 g/mol. The molecule has 7 nitrogen and oxygen atoms in total. The van der Waals surface area contributed by atoms with Gasteiger partial charge in [-0.2, -0.15) is 0 Å². The maximum absolute atomic E-state index is 12.4. The molecule has 0 saturated heterocycles. The molecule has 2 aromatic rings. The first kappa shape index (κ1) is 20.5. The summed E-state index contributed by atoms with van der Waals surface area (Å²) in [7, 11) is 0. The molecule has 0 atom stereocenters. The molecule has 0 spiro atoms. The molecule has 1 aromatic carbocycles. The number of carbonyl (C=O) groups excluding carboxylic acids is 2. The Morgan fingerprint density at radius 2 is 1.86 bits per heavy atom. The van der Waals surface area contributed by atoms with Crippen LogP contribution < -0.4 is 10.6 Å². The summed E-state index contributed by atoms with van der Waals surface area (Å²) in [6.45, 7) is 1.83. The lowest BCUT2D eigenvalue weighted by molar-refractivity contribution is -0.120. The number of aromatic nitrogens is 1. The third kappa shape index (κ3) is 5.40. The number of aryl methyl sites for hydroxylation is 1. The van der Waals surface area contributed by atoms with E-state index in [1.807, 2.05) is 24.3 Å². The summed E-state index contributed by atoms with van der Waals surface area (Å²) < 4.78 is 0. The average molecular weight is 395 g/mol. The zero-order chi connectivity index (χ0) is 20.8. The van der Waals surface area contributed by atoms with Crippen LogP contribution >= 0.6 is 0 Å². The summed E-state index contributed by atoms with van der Waals surface area (Å²) in [5.74, 6) is -1.32. The molecule has 1 aliphatic rings. The maximum atomic E-state index is 12.4. The molecule has 1 aromatic heterocycles. The van der Waals surface area contributed by atoms with E-state index in [4.69, 9.17) is 5.11 Å². The van der Waals surface area contributed by atoms with Crippen molar-refractivity contribution in [2.45, 2.75) is 45.6 Å². The number of carboxylic acid groups (broad SMARTS) is 1. The van der Waals surface area contributed by atoms with Gasteiger partial charge in [0.2, 0.25) is 5.91 Å². The average Bonchev–Trinajstić information content (AvgIpc) is 2.72. The van der Waals surface area contributed by atoms with E-state index in [1.165, 1.54) is 18.6 Å². The highest BCUT2D eigenvalue weighted by Gasteiger charge is 2.21. The number of carbonyl (C=O) groups is 3. The standard InChI is InChI=1S/C22H25N3O4/c1-14-18(22(28)29)10-11-19(24-14)21(27)23-13-15-6-5-9-17(12-15)25-20(26)16-7-3-2-4-8-16/h5-6,9-12,16H,2-4,7-8,13H2,1H3,(H,23,27)(H,25,26)(H,28,29). The number of amides is 2. The second-order valence-corrected chi connectivity index (χ2v) is 7.34. The van der Waals surface area contributed by atoms with E-state index >= 15 is 0 Å². The highest BCUT2D eigenvalue weighted by Crippen LogP contribution is 2.25. The molecule has 0 bridgehead atoms. The number of anilines is 1. The number of nitrogens with zero attached hydrogens (tertiary/aromatic N) is 1. The fourth-order valence-corrected chi connectivity index (χ4v) is 3.55. The van der Waals surface area contributed by atoms with Crippen LogP contribution in [0.4, 0.5) is 5.69 Å². The van der Waals surface area contributed by atoms with Crippen LogP contribution in [0, 0.1) is 12.8 Å². The fraction of sp³-hybridized carbons (Fsp3) is 0.364. The number of pyridine rings is 1. The van der Waals surface area contributed by atoms with Gasteiger partial charge in [0.25, 0.3) is 5.91 Å². The van der Waals surface area contributed by atoms with Crippen LogP contribution in [0.2, 0.25) is 0 Å². The zero-order valence-corrected chi connectivity index (χ0v) is 16.4. The van der Waals surface area contributed by atoms with Gasteiger partial charge in [-0.25, -0.2) is 9.78 Å². The molecule has 7 heteroatoms. The summed E-state index contributed by atoms with van der Waals surface area (Å²) in [6.07, 6.45) is 5.28. The molecule has 2 amide bonds. The van der Waals surface area contributed by atoms with E-state index in [9.17, 15) is 14.4 Å². The van der Waals surface area contributed by atoms with Gasteiger partial charge in [-0.15, -0.1) is 0 Å². The largest absolute Gasteiger partial charge is 0.478 e. The van der Waals surface area contributed by atoms with Crippen LogP contribution in [0.3, 0.4) is 0 Å². The van der Waals surface area contributed by atoms with Gasteiger partial charge in [0.15, 0.2) is 0 Å². The van der Waals surface area contributed by atoms with Crippen molar-refractivity contribution in [1.29, 1.82) is 0 Å². The van der Waals surface area contributed by atoms with Gasteiger partial charge in [-0.1, -0.05) is 31.4 Å². The molecule has 1 fully saturated rings. The summed E-state index contributed by atoms with van der Waals surface area (Å²) in [6, 6.07) is 10.1. The van der Waals surface area contributed by atoms with Gasteiger partial charge in [0, 0.05) is 18.2 Å². The van der Waals surface area contributed by atoms with Gasteiger partial charge >= 0.3 is 5.97 Å². The third-order valence-electron chi connectivity index (χ3n) is 5.17. The zero-order valence-electron chi connectivity index (χ0n) is 16.4. The molecule has 29 heavy (non-hydrogen) atoms. The molecule has 1 aliphatic carbocycles. The Hall–Kier alpha value is -3.22. The Morgan fingerprint density at radius 3 is 2.55 bits per heavy atom. The van der Waals surface area contributed by atoms with E-state index in [0.29, 0.717) is 5.69 Å². The van der Waals surface area contributed by atoms with Crippen molar-refractivity contribution in [2.75, 3.05) is 5.32 Å². The van der Waals surface area contributed by atoms with E-state index in [-0.39, 0.29) is 41.2 Å². The highest BCUT2D eigenvalue weighted by molar-refractivity contribution is 5.94. The Labute approximate surface area is 169 Å². The maximum Gasteiger partial charge on any atom is 0.337 e. The summed E-state index contributed by atoms with van der Waals surface area (Å²) in [5.41, 5.74) is 2.08. The van der Waals surface area contributed by atoms with Gasteiger partial charge < -0.3 is 15.7 Å². The Balaban J connectivity index is 1.58. The number of hydrogen-bond acceptors (Lipinski definition) is 4. The topological polar surface area (TPSA) is 108 Å². The van der Waals surface area contributed by atoms with E-state index in [1.54, 1.807) is 6.92 Å². The molecule has 3 rings (SSSR count).